The van der Waals surface area contributed by atoms with Crippen molar-refractivity contribution in [3.05, 3.63) is 28.8 Å². The number of hydrogen-bond donors (Lipinski definition) is 1. The van der Waals surface area contributed by atoms with Crippen LogP contribution in [-0.4, -0.2) is 37.8 Å². The molecule has 1 amide bonds. The van der Waals surface area contributed by atoms with Crippen molar-refractivity contribution in [3.8, 4) is 0 Å². The van der Waals surface area contributed by atoms with Gasteiger partial charge in [-0.1, -0.05) is 18.0 Å². The summed E-state index contributed by atoms with van der Waals surface area (Å²) in [6, 6.07) is 4.40. The molecule has 1 aromatic carbocycles. The molecule has 3 aliphatic rings. The highest BCUT2D eigenvalue weighted by molar-refractivity contribution is 7.89. The van der Waals surface area contributed by atoms with Gasteiger partial charge in [-0.05, 0) is 81.4 Å². The predicted molar refractivity (Wildman–Crippen MR) is 110 cm³/mol. The maximum atomic E-state index is 13.0. The van der Waals surface area contributed by atoms with E-state index in [-0.39, 0.29) is 33.5 Å². The molecule has 0 radical (unpaired) electrons. The van der Waals surface area contributed by atoms with Gasteiger partial charge in [-0.2, -0.15) is 4.31 Å². The Morgan fingerprint density at radius 1 is 1.18 bits per heavy atom. The molecule has 5 unspecified atom stereocenters. The van der Waals surface area contributed by atoms with E-state index in [1.807, 2.05) is 13.8 Å². The van der Waals surface area contributed by atoms with Crippen LogP contribution in [0.4, 0.5) is 0 Å². The molecule has 0 saturated heterocycles. The van der Waals surface area contributed by atoms with E-state index >= 15 is 0 Å². The lowest BCUT2D eigenvalue weighted by molar-refractivity contribution is 0.0901. The molecule has 7 heteroatoms. The van der Waals surface area contributed by atoms with E-state index in [0.717, 1.165) is 24.2 Å². The van der Waals surface area contributed by atoms with Gasteiger partial charge in [-0.25, -0.2) is 8.42 Å². The molecule has 28 heavy (non-hydrogen) atoms. The smallest absolute Gasteiger partial charge is 0.253 e. The number of nitrogens with one attached hydrogen (secondary N) is 1. The fourth-order valence-corrected chi connectivity index (χ4v) is 7.36. The Morgan fingerprint density at radius 2 is 1.89 bits per heavy atom. The normalized spacial score (nSPS) is 31.6. The molecule has 3 aliphatic carbocycles. The lowest BCUT2D eigenvalue weighted by Gasteiger charge is -2.32. The largest absolute Gasteiger partial charge is 0.349 e. The first-order chi connectivity index (χ1) is 13.2. The van der Waals surface area contributed by atoms with Crippen LogP contribution < -0.4 is 5.32 Å². The first-order valence-electron chi connectivity index (χ1n) is 10.3. The molecule has 0 aromatic heterocycles. The van der Waals surface area contributed by atoms with Crippen molar-refractivity contribution in [2.45, 2.75) is 62.9 Å². The van der Waals surface area contributed by atoms with Crippen LogP contribution in [-0.2, 0) is 10.0 Å². The molecule has 0 heterocycles. The van der Waals surface area contributed by atoms with Crippen molar-refractivity contribution in [1.29, 1.82) is 0 Å². The van der Waals surface area contributed by atoms with E-state index in [1.165, 1.54) is 48.2 Å². The van der Waals surface area contributed by atoms with Gasteiger partial charge in [-0.15, -0.1) is 0 Å². The fourth-order valence-electron chi connectivity index (χ4n) is 5.76. The summed E-state index contributed by atoms with van der Waals surface area (Å²) in [4.78, 5) is 13.1. The standard InChI is InChI=1S/C21H29ClN2O3S/c1-12(2)24(3)28(26,27)14-7-8-19(22)18(11-14)21(25)23-20-10-13-9-17(20)16-6-4-5-15(13)16/h7-8,11-13,15-17,20H,4-6,9-10H2,1-3H3,(H,23,25). The molecule has 1 N–H and O–H groups in total. The first kappa shape index (κ1) is 20.2. The first-order valence-corrected chi connectivity index (χ1v) is 12.1. The van der Waals surface area contributed by atoms with Gasteiger partial charge in [0.25, 0.3) is 5.91 Å². The summed E-state index contributed by atoms with van der Waals surface area (Å²) in [5.74, 6) is 2.66. The SMILES string of the molecule is CC(C)N(C)S(=O)(=O)c1ccc(Cl)c(C(=O)NC2CC3CC2C2CCCC32)c1. The highest BCUT2D eigenvalue weighted by atomic mass is 35.5. The summed E-state index contributed by atoms with van der Waals surface area (Å²) in [7, 11) is -2.12. The van der Waals surface area contributed by atoms with E-state index in [0.29, 0.717) is 5.92 Å². The second-order valence-corrected chi connectivity index (χ2v) is 11.4. The number of fused-ring (bicyclic) bond motifs is 5. The van der Waals surface area contributed by atoms with Crippen LogP contribution in [0.15, 0.2) is 23.1 Å². The maximum Gasteiger partial charge on any atom is 0.253 e. The summed E-state index contributed by atoms with van der Waals surface area (Å²) in [5.41, 5.74) is 0.241. The third kappa shape index (κ3) is 3.27. The van der Waals surface area contributed by atoms with Crippen LogP contribution >= 0.6 is 11.6 Å². The number of sulfonamides is 1. The molecule has 1 aromatic rings. The Bertz CT molecular complexity index is 886. The van der Waals surface area contributed by atoms with Crippen molar-refractivity contribution in [3.63, 3.8) is 0 Å². The molecule has 3 saturated carbocycles. The van der Waals surface area contributed by atoms with Gasteiger partial charge in [-0.3, -0.25) is 4.79 Å². The van der Waals surface area contributed by atoms with Crippen LogP contribution in [0, 0.1) is 23.7 Å². The number of rotatable bonds is 5. The number of amides is 1. The highest BCUT2D eigenvalue weighted by Gasteiger charge is 2.54. The van der Waals surface area contributed by atoms with E-state index in [9.17, 15) is 13.2 Å². The molecule has 5 nitrogen and oxygen atoms in total. The summed E-state index contributed by atoms with van der Waals surface area (Å²) in [6.45, 7) is 3.62. The van der Waals surface area contributed by atoms with Crippen molar-refractivity contribution >= 4 is 27.5 Å². The average molecular weight is 425 g/mol. The van der Waals surface area contributed by atoms with Gasteiger partial charge in [0.2, 0.25) is 10.0 Å². The number of carbonyl (C=O) groups is 1. The Kier molecular flexibility index (Phi) is 5.26. The van der Waals surface area contributed by atoms with Crippen molar-refractivity contribution in [2.75, 3.05) is 7.05 Å². The summed E-state index contributed by atoms with van der Waals surface area (Å²) >= 11 is 6.27. The van der Waals surface area contributed by atoms with Gasteiger partial charge in [0.15, 0.2) is 0 Å². The second-order valence-electron chi connectivity index (χ2n) is 8.99. The lowest BCUT2D eigenvalue weighted by Crippen LogP contribution is -2.42. The Balaban J connectivity index is 1.54. The average Bonchev–Trinajstić information content (AvgIpc) is 3.34. The molecule has 4 rings (SSSR count). The molecule has 3 fully saturated rings. The van der Waals surface area contributed by atoms with Crippen LogP contribution in [0.5, 0.6) is 0 Å². The van der Waals surface area contributed by atoms with Crippen molar-refractivity contribution < 1.29 is 13.2 Å². The lowest BCUT2D eigenvalue weighted by atomic mass is 9.79. The van der Waals surface area contributed by atoms with E-state index in [1.54, 1.807) is 7.05 Å². The topological polar surface area (TPSA) is 66.5 Å². The zero-order valence-corrected chi connectivity index (χ0v) is 18.3. The van der Waals surface area contributed by atoms with Gasteiger partial charge in [0.05, 0.1) is 15.5 Å². The predicted octanol–water partition coefficient (Wildman–Crippen LogP) is 3.92. The fraction of sp³-hybridized carbons (Fsp3) is 0.667. The van der Waals surface area contributed by atoms with Crippen LogP contribution in [0.1, 0.15) is 56.3 Å². The minimum Gasteiger partial charge on any atom is -0.349 e. The molecule has 0 aliphatic heterocycles. The second kappa shape index (κ2) is 7.29. The summed E-state index contributed by atoms with van der Waals surface area (Å²) in [5, 5.41) is 3.46. The Hall–Kier alpha value is -1.11. The monoisotopic (exact) mass is 424 g/mol. The quantitative estimate of drug-likeness (QED) is 0.778. The van der Waals surface area contributed by atoms with Crippen molar-refractivity contribution in [2.24, 2.45) is 23.7 Å². The molecular formula is C21H29ClN2O3S. The van der Waals surface area contributed by atoms with Gasteiger partial charge >= 0.3 is 0 Å². The third-order valence-electron chi connectivity index (χ3n) is 7.33. The number of halogens is 1. The zero-order valence-electron chi connectivity index (χ0n) is 16.7. The van der Waals surface area contributed by atoms with Crippen LogP contribution in [0.25, 0.3) is 0 Å². The third-order valence-corrected chi connectivity index (χ3v) is 9.69. The minimum atomic E-state index is -3.66. The molecular weight excluding hydrogens is 396 g/mol. The molecule has 154 valence electrons. The van der Waals surface area contributed by atoms with Gasteiger partial charge in [0, 0.05) is 19.1 Å². The van der Waals surface area contributed by atoms with Crippen LogP contribution in [0.3, 0.4) is 0 Å². The number of hydrogen-bond acceptors (Lipinski definition) is 3. The summed E-state index contributed by atoms with van der Waals surface area (Å²) < 4.78 is 26.9. The Labute approximate surface area is 172 Å². The van der Waals surface area contributed by atoms with Gasteiger partial charge in [0.1, 0.15) is 0 Å². The number of benzene rings is 1. The van der Waals surface area contributed by atoms with Crippen LogP contribution in [0.2, 0.25) is 5.02 Å². The minimum absolute atomic E-state index is 0.0991. The van der Waals surface area contributed by atoms with Crippen molar-refractivity contribution in [1.82, 2.24) is 9.62 Å². The van der Waals surface area contributed by atoms with E-state index < -0.39 is 10.0 Å². The maximum absolute atomic E-state index is 13.0. The number of carbonyl (C=O) groups excluding carboxylic acids is 1. The molecule has 5 atom stereocenters. The molecule has 2 bridgehead atoms. The van der Waals surface area contributed by atoms with Gasteiger partial charge < -0.3 is 5.32 Å². The zero-order chi connectivity index (χ0) is 20.2. The van der Waals surface area contributed by atoms with E-state index in [4.69, 9.17) is 11.6 Å². The summed E-state index contributed by atoms with van der Waals surface area (Å²) in [6.07, 6.45) is 6.22. The molecule has 0 spiro atoms. The Morgan fingerprint density at radius 3 is 2.61 bits per heavy atom. The number of nitrogens with zero attached hydrogens (tertiary/aromatic N) is 1. The van der Waals surface area contributed by atoms with E-state index in [2.05, 4.69) is 5.32 Å². The highest BCUT2D eigenvalue weighted by Crippen LogP contribution is 2.58.